The molecule has 2 unspecified atom stereocenters. The molecular formula is C18H16F3N. The fourth-order valence-corrected chi connectivity index (χ4v) is 4.58. The minimum absolute atomic E-state index is 0.0695. The standard InChI is InChI=1S/C18H16F3N/c19-18(20,21)10-17-8-14(12-5-1-2-7-15(12)17)13-6-3-4-11(9-22)16(13)17/h1-7,14H,8-10,22H2. The molecule has 1 nitrogen and oxygen atoms in total. The van der Waals surface area contributed by atoms with E-state index in [0.29, 0.717) is 6.42 Å². The van der Waals surface area contributed by atoms with Crippen molar-refractivity contribution in [3.05, 3.63) is 70.3 Å². The van der Waals surface area contributed by atoms with Gasteiger partial charge in [-0.3, -0.25) is 0 Å². The largest absolute Gasteiger partial charge is 0.390 e. The van der Waals surface area contributed by atoms with Gasteiger partial charge in [-0.25, -0.2) is 0 Å². The second-order valence-electron chi connectivity index (χ2n) is 6.30. The highest BCUT2D eigenvalue weighted by molar-refractivity contribution is 5.64. The van der Waals surface area contributed by atoms with Crippen molar-refractivity contribution in [1.82, 2.24) is 0 Å². The van der Waals surface area contributed by atoms with Crippen LogP contribution in [0.25, 0.3) is 0 Å². The molecule has 0 radical (unpaired) electrons. The van der Waals surface area contributed by atoms with Crippen LogP contribution in [-0.2, 0) is 12.0 Å². The molecule has 2 aliphatic rings. The zero-order valence-corrected chi connectivity index (χ0v) is 12.0. The van der Waals surface area contributed by atoms with Gasteiger partial charge in [0.05, 0.1) is 6.42 Å². The molecule has 0 saturated carbocycles. The van der Waals surface area contributed by atoms with E-state index < -0.39 is 18.0 Å². The maximum Gasteiger partial charge on any atom is 0.390 e. The van der Waals surface area contributed by atoms with Gasteiger partial charge >= 0.3 is 6.18 Å². The molecule has 0 saturated heterocycles. The SMILES string of the molecule is NCc1cccc2c1C1(CC(F)(F)F)CC2c2ccccc21. The predicted octanol–water partition coefficient (Wildman–Crippen LogP) is 4.23. The molecule has 2 N–H and O–H groups in total. The number of hydrogen-bond donors (Lipinski definition) is 1. The van der Waals surface area contributed by atoms with Crippen LogP contribution >= 0.6 is 0 Å². The van der Waals surface area contributed by atoms with Crippen LogP contribution in [0.15, 0.2) is 42.5 Å². The maximum absolute atomic E-state index is 13.4. The fourth-order valence-electron chi connectivity index (χ4n) is 4.58. The molecule has 22 heavy (non-hydrogen) atoms. The molecular weight excluding hydrogens is 287 g/mol. The lowest BCUT2D eigenvalue weighted by Crippen LogP contribution is -2.32. The molecule has 0 aromatic heterocycles. The summed E-state index contributed by atoms with van der Waals surface area (Å²) in [5.41, 5.74) is 9.46. The number of fused-ring (bicyclic) bond motifs is 8. The van der Waals surface area contributed by atoms with E-state index in [2.05, 4.69) is 0 Å². The first-order valence-corrected chi connectivity index (χ1v) is 7.45. The second-order valence-corrected chi connectivity index (χ2v) is 6.30. The molecule has 2 bridgehead atoms. The molecule has 4 heteroatoms. The number of nitrogens with two attached hydrogens (primary N) is 1. The van der Waals surface area contributed by atoms with Crippen molar-refractivity contribution in [3.63, 3.8) is 0 Å². The van der Waals surface area contributed by atoms with Gasteiger partial charge in [-0.2, -0.15) is 13.2 Å². The summed E-state index contributed by atoms with van der Waals surface area (Å²) in [4.78, 5) is 0. The Morgan fingerprint density at radius 3 is 2.50 bits per heavy atom. The highest BCUT2D eigenvalue weighted by atomic mass is 19.4. The van der Waals surface area contributed by atoms with Gasteiger partial charge in [-0.05, 0) is 34.2 Å². The zero-order chi connectivity index (χ0) is 15.5. The first kappa shape index (κ1) is 13.8. The summed E-state index contributed by atoms with van der Waals surface area (Å²) in [6, 6.07) is 13.3. The molecule has 2 aromatic rings. The Hall–Kier alpha value is -1.81. The third-order valence-corrected chi connectivity index (χ3v) is 5.16. The van der Waals surface area contributed by atoms with Crippen molar-refractivity contribution in [1.29, 1.82) is 0 Å². The first-order chi connectivity index (χ1) is 10.5. The van der Waals surface area contributed by atoms with Crippen LogP contribution in [0.5, 0.6) is 0 Å². The van der Waals surface area contributed by atoms with Crippen molar-refractivity contribution in [2.45, 2.75) is 36.9 Å². The maximum atomic E-state index is 13.4. The predicted molar refractivity (Wildman–Crippen MR) is 78.7 cm³/mol. The smallest absolute Gasteiger partial charge is 0.326 e. The van der Waals surface area contributed by atoms with Crippen LogP contribution in [0.1, 0.15) is 46.6 Å². The van der Waals surface area contributed by atoms with E-state index in [-0.39, 0.29) is 12.5 Å². The van der Waals surface area contributed by atoms with E-state index in [9.17, 15) is 13.2 Å². The minimum atomic E-state index is -4.20. The van der Waals surface area contributed by atoms with Gasteiger partial charge in [-0.1, -0.05) is 42.5 Å². The summed E-state index contributed by atoms with van der Waals surface area (Å²) < 4.78 is 40.1. The Labute approximate surface area is 127 Å². The van der Waals surface area contributed by atoms with Crippen LogP contribution in [0.2, 0.25) is 0 Å². The number of rotatable bonds is 2. The van der Waals surface area contributed by atoms with Crippen molar-refractivity contribution in [2.75, 3.05) is 0 Å². The minimum Gasteiger partial charge on any atom is -0.326 e. The van der Waals surface area contributed by atoms with E-state index >= 15 is 0 Å². The molecule has 0 spiro atoms. The van der Waals surface area contributed by atoms with Crippen LogP contribution < -0.4 is 5.73 Å². The number of halogens is 3. The molecule has 114 valence electrons. The van der Waals surface area contributed by atoms with Crippen LogP contribution in [0.3, 0.4) is 0 Å². The Morgan fingerprint density at radius 1 is 1.05 bits per heavy atom. The average molecular weight is 303 g/mol. The van der Waals surface area contributed by atoms with Gasteiger partial charge < -0.3 is 5.73 Å². The van der Waals surface area contributed by atoms with Crippen molar-refractivity contribution < 1.29 is 13.2 Å². The second kappa shape index (κ2) is 4.35. The van der Waals surface area contributed by atoms with E-state index in [1.54, 1.807) is 0 Å². The number of alkyl halides is 3. The Balaban J connectivity index is 2.01. The van der Waals surface area contributed by atoms with Gasteiger partial charge in [0.2, 0.25) is 0 Å². The van der Waals surface area contributed by atoms with E-state index in [4.69, 9.17) is 5.73 Å². The van der Waals surface area contributed by atoms with Crippen molar-refractivity contribution >= 4 is 0 Å². The fraction of sp³-hybridized carbons (Fsp3) is 0.333. The Kier molecular flexibility index (Phi) is 2.74. The van der Waals surface area contributed by atoms with E-state index in [1.807, 2.05) is 42.5 Å². The lowest BCUT2D eigenvalue weighted by molar-refractivity contribution is -0.144. The Morgan fingerprint density at radius 2 is 1.77 bits per heavy atom. The van der Waals surface area contributed by atoms with Gasteiger partial charge in [0.15, 0.2) is 0 Å². The number of benzene rings is 2. The Bertz CT molecular complexity index is 750. The van der Waals surface area contributed by atoms with Crippen molar-refractivity contribution in [3.8, 4) is 0 Å². The van der Waals surface area contributed by atoms with Crippen LogP contribution in [-0.4, -0.2) is 6.18 Å². The highest BCUT2D eigenvalue weighted by Gasteiger charge is 2.57. The summed E-state index contributed by atoms with van der Waals surface area (Å²) in [5.74, 6) is 0.0695. The first-order valence-electron chi connectivity index (χ1n) is 7.45. The van der Waals surface area contributed by atoms with E-state index in [0.717, 1.165) is 27.8 Å². The lowest BCUT2D eigenvalue weighted by Gasteiger charge is -2.34. The summed E-state index contributed by atoms with van der Waals surface area (Å²) >= 11 is 0. The quantitative estimate of drug-likeness (QED) is 0.882. The highest BCUT2D eigenvalue weighted by Crippen LogP contribution is 2.63. The molecule has 2 aliphatic carbocycles. The monoisotopic (exact) mass is 303 g/mol. The third kappa shape index (κ3) is 1.70. The third-order valence-electron chi connectivity index (χ3n) is 5.16. The summed E-state index contributed by atoms with van der Waals surface area (Å²) in [5, 5.41) is 0. The molecule has 2 atom stereocenters. The zero-order valence-electron chi connectivity index (χ0n) is 12.0. The van der Waals surface area contributed by atoms with Gasteiger partial charge in [0.1, 0.15) is 0 Å². The molecule has 4 rings (SSSR count). The van der Waals surface area contributed by atoms with Gasteiger partial charge in [0.25, 0.3) is 0 Å². The molecule has 0 aliphatic heterocycles. The average Bonchev–Trinajstić information content (AvgIpc) is 2.97. The summed E-state index contributed by atoms with van der Waals surface area (Å²) in [6.45, 7) is 0.275. The molecule has 0 fully saturated rings. The van der Waals surface area contributed by atoms with Gasteiger partial charge in [-0.15, -0.1) is 0 Å². The van der Waals surface area contributed by atoms with E-state index in [1.165, 1.54) is 0 Å². The number of hydrogen-bond acceptors (Lipinski definition) is 1. The lowest BCUT2D eigenvalue weighted by atomic mass is 9.71. The topological polar surface area (TPSA) is 26.0 Å². The molecule has 0 heterocycles. The van der Waals surface area contributed by atoms with Crippen molar-refractivity contribution in [2.24, 2.45) is 5.73 Å². The summed E-state index contributed by atoms with van der Waals surface area (Å²) in [7, 11) is 0. The molecule has 0 amide bonds. The van der Waals surface area contributed by atoms with Gasteiger partial charge in [0, 0.05) is 17.9 Å². The summed E-state index contributed by atoms with van der Waals surface area (Å²) in [6.07, 6.45) is -4.50. The van der Waals surface area contributed by atoms with Crippen LogP contribution in [0.4, 0.5) is 13.2 Å². The normalized spacial score (nSPS) is 25.2. The van der Waals surface area contributed by atoms with Crippen LogP contribution in [0, 0.1) is 0 Å². The molecule has 2 aromatic carbocycles.